The molecule has 2 amide bonds. The quantitative estimate of drug-likeness (QED) is 0.695. The highest BCUT2D eigenvalue weighted by atomic mass is 32.1. The van der Waals surface area contributed by atoms with Gasteiger partial charge in [-0.05, 0) is 56.1 Å². The fraction of sp³-hybridized carbons (Fsp3) is 0.250. The van der Waals surface area contributed by atoms with Crippen molar-refractivity contribution in [3.05, 3.63) is 60.3 Å². The second-order valence-corrected chi connectivity index (χ2v) is 7.89. The third kappa shape index (κ3) is 5.04. The highest BCUT2D eigenvalue weighted by Crippen LogP contribution is 2.23. The van der Waals surface area contributed by atoms with Gasteiger partial charge in [-0.15, -0.1) is 0 Å². The number of alkyl carbamates (subject to hydrolysis) is 1. The van der Waals surface area contributed by atoms with Gasteiger partial charge in [0.25, 0.3) is 5.91 Å². The molecule has 3 aromatic rings. The topological polar surface area (TPSA) is 80.3 Å². The highest BCUT2D eigenvalue weighted by molar-refractivity contribution is 7.13. The summed E-state index contributed by atoms with van der Waals surface area (Å²) in [7, 11) is 0. The van der Waals surface area contributed by atoms with Gasteiger partial charge in [0, 0.05) is 17.3 Å². The Balaban J connectivity index is 1.80. The molecule has 2 aromatic carbocycles. The largest absolute Gasteiger partial charge is 0.444 e. The Morgan fingerprint density at radius 1 is 1.11 bits per heavy atom. The summed E-state index contributed by atoms with van der Waals surface area (Å²) in [4.78, 5) is 25.1. The summed E-state index contributed by atoms with van der Waals surface area (Å²) in [6, 6.07) is 13.7. The van der Waals surface area contributed by atoms with E-state index in [9.17, 15) is 9.59 Å². The molecule has 0 bridgehead atoms. The SMILES string of the molecule is CC(C)(C)OC(=O)N[C@@H](C(=O)Nc1ccc2cnsc2c1)c1ccccc1. The fourth-order valence-electron chi connectivity index (χ4n) is 2.52. The lowest BCUT2D eigenvalue weighted by molar-refractivity contribution is -0.118. The summed E-state index contributed by atoms with van der Waals surface area (Å²) in [5.74, 6) is -0.351. The molecule has 0 fully saturated rings. The van der Waals surface area contributed by atoms with Gasteiger partial charge in [-0.3, -0.25) is 4.79 Å². The molecule has 1 aromatic heterocycles. The molecular weight excluding hydrogens is 362 g/mol. The molecule has 1 atom stereocenters. The molecule has 0 unspecified atom stereocenters. The van der Waals surface area contributed by atoms with E-state index in [0.717, 1.165) is 10.1 Å². The molecule has 0 radical (unpaired) electrons. The van der Waals surface area contributed by atoms with E-state index in [-0.39, 0.29) is 5.91 Å². The zero-order chi connectivity index (χ0) is 19.4. The number of rotatable bonds is 4. The van der Waals surface area contributed by atoms with Gasteiger partial charge >= 0.3 is 6.09 Å². The molecule has 6 nitrogen and oxygen atoms in total. The molecule has 140 valence electrons. The van der Waals surface area contributed by atoms with Gasteiger partial charge < -0.3 is 15.4 Å². The summed E-state index contributed by atoms with van der Waals surface area (Å²) in [6.45, 7) is 5.32. The monoisotopic (exact) mass is 383 g/mol. The molecule has 7 heteroatoms. The van der Waals surface area contributed by atoms with Crippen LogP contribution in [0, 0.1) is 0 Å². The first kappa shape index (κ1) is 18.8. The Morgan fingerprint density at radius 2 is 1.85 bits per heavy atom. The number of anilines is 1. The van der Waals surface area contributed by atoms with Crippen LogP contribution in [0.3, 0.4) is 0 Å². The number of aromatic nitrogens is 1. The highest BCUT2D eigenvalue weighted by Gasteiger charge is 2.26. The molecular formula is C20H21N3O3S. The molecule has 27 heavy (non-hydrogen) atoms. The van der Waals surface area contributed by atoms with E-state index in [1.54, 1.807) is 39.1 Å². The van der Waals surface area contributed by atoms with Crippen LogP contribution in [0.5, 0.6) is 0 Å². The normalized spacial score (nSPS) is 12.4. The summed E-state index contributed by atoms with van der Waals surface area (Å²) >= 11 is 1.36. The van der Waals surface area contributed by atoms with Crippen LogP contribution in [0.1, 0.15) is 32.4 Å². The van der Waals surface area contributed by atoms with Crippen LogP contribution in [0.2, 0.25) is 0 Å². The Hall–Kier alpha value is -2.93. The van der Waals surface area contributed by atoms with Crippen molar-refractivity contribution in [3.8, 4) is 0 Å². The average molecular weight is 383 g/mol. The Morgan fingerprint density at radius 3 is 2.56 bits per heavy atom. The van der Waals surface area contributed by atoms with Crippen LogP contribution in [0.4, 0.5) is 10.5 Å². The zero-order valence-electron chi connectivity index (χ0n) is 15.4. The molecule has 0 aliphatic rings. The number of amides is 2. The van der Waals surface area contributed by atoms with Crippen LogP contribution < -0.4 is 10.6 Å². The van der Waals surface area contributed by atoms with E-state index < -0.39 is 17.7 Å². The molecule has 0 aliphatic carbocycles. The van der Waals surface area contributed by atoms with E-state index in [0.29, 0.717) is 11.3 Å². The number of ether oxygens (including phenoxy) is 1. The van der Waals surface area contributed by atoms with Gasteiger partial charge in [0.2, 0.25) is 0 Å². The van der Waals surface area contributed by atoms with Gasteiger partial charge in [0.15, 0.2) is 0 Å². The van der Waals surface area contributed by atoms with Gasteiger partial charge in [-0.2, -0.15) is 4.37 Å². The van der Waals surface area contributed by atoms with Crippen LogP contribution in [0.25, 0.3) is 10.1 Å². The number of nitrogens with zero attached hydrogens (tertiary/aromatic N) is 1. The molecule has 0 saturated carbocycles. The number of carbonyl (C=O) groups is 2. The lowest BCUT2D eigenvalue weighted by atomic mass is 10.1. The van der Waals surface area contributed by atoms with Crippen molar-refractivity contribution in [1.82, 2.24) is 9.69 Å². The van der Waals surface area contributed by atoms with E-state index in [2.05, 4.69) is 15.0 Å². The van der Waals surface area contributed by atoms with Gasteiger partial charge in [-0.25, -0.2) is 4.79 Å². The number of hydrogen-bond donors (Lipinski definition) is 2. The number of benzene rings is 2. The first-order chi connectivity index (χ1) is 12.8. The molecule has 3 rings (SSSR count). The van der Waals surface area contributed by atoms with E-state index >= 15 is 0 Å². The number of nitrogens with one attached hydrogen (secondary N) is 2. The van der Waals surface area contributed by atoms with Gasteiger partial charge in [-0.1, -0.05) is 30.3 Å². The molecule has 0 spiro atoms. The summed E-state index contributed by atoms with van der Waals surface area (Å²) in [5.41, 5.74) is 0.655. The van der Waals surface area contributed by atoms with Gasteiger partial charge in [0.05, 0.1) is 4.70 Å². The maximum absolute atomic E-state index is 12.9. The predicted octanol–water partition coefficient (Wildman–Crippen LogP) is 4.50. The lowest BCUT2D eigenvalue weighted by Gasteiger charge is -2.23. The summed E-state index contributed by atoms with van der Waals surface area (Å²) < 4.78 is 10.4. The Kier molecular flexibility index (Phi) is 5.41. The Bertz CT molecular complexity index is 948. The average Bonchev–Trinajstić information content (AvgIpc) is 3.06. The summed E-state index contributed by atoms with van der Waals surface area (Å²) in [5, 5.41) is 6.54. The van der Waals surface area contributed by atoms with Crippen LogP contribution in [-0.4, -0.2) is 22.0 Å². The van der Waals surface area contributed by atoms with Crippen molar-refractivity contribution in [2.24, 2.45) is 0 Å². The first-order valence-electron chi connectivity index (χ1n) is 8.51. The second kappa shape index (κ2) is 7.75. The molecule has 0 aliphatic heterocycles. The standard InChI is InChI=1S/C20H21N3O3S/c1-20(2,3)26-19(25)23-17(13-7-5-4-6-8-13)18(24)22-15-10-9-14-12-21-27-16(14)11-15/h4-12,17H,1-3H3,(H,22,24)(H,23,25)/t17-/m1/s1. The molecule has 1 heterocycles. The minimum atomic E-state index is -0.877. The molecule has 2 N–H and O–H groups in total. The third-order valence-electron chi connectivity index (χ3n) is 3.68. The van der Waals surface area contributed by atoms with E-state index in [4.69, 9.17) is 4.74 Å². The van der Waals surface area contributed by atoms with Crippen molar-refractivity contribution >= 4 is 39.3 Å². The first-order valence-corrected chi connectivity index (χ1v) is 9.29. The number of fused-ring (bicyclic) bond motifs is 1. The van der Waals surface area contributed by atoms with E-state index in [1.807, 2.05) is 36.4 Å². The maximum atomic E-state index is 12.9. The van der Waals surface area contributed by atoms with Crippen molar-refractivity contribution in [1.29, 1.82) is 0 Å². The Labute approximate surface area is 161 Å². The zero-order valence-corrected chi connectivity index (χ0v) is 16.2. The number of carbonyl (C=O) groups excluding carboxylic acids is 2. The minimum absolute atomic E-state index is 0.351. The van der Waals surface area contributed by atoms with Crippen molar-refractivity contribution in [3.63, 3.8) is 0 Å². The van der Waals surface area contributed by atoms with Crippen LogP contribution >= 0.6 is 11.5 Å². The smallest absolute Gasteiger partial charge is 0.408 e. The summed E-state index contributed by atoms with van der Waals surface area (Å²) in [6.07, 6.45) is 1.13. The fourth-order valence-corrected chi connectivity index (χ4v) is 3.21. The molecule has 0 saturated heterocycles. The van der Waals surface area contributed by atoms with Crippen molar-refractivity contribution in [2.45, 2.75) is 32.4 Å². The maximum Gasteiger partial charge on any atom is 0.408 e. The van der Waals surface area contributed by atoms with E-state index in [1.165, 1.54) is 11.5 Å². The lowest BCUT2D eigenvalue weighted by Crippen LogP contribution is -2.40. The van der Waals surface area contributed by atoms with Crippen LogP contribution in [-0.2, 0) is 9.53 Å². The number of hydrogen-bond acceptors (Lipinski definition) is 5. The van der Waals surface area contributed by atoms with Gasteiger partial charge in [0.1, 0.15) is 11.6 Å². The predicted molar refractivity (Wildman–Crippen MR) is 107 cm³/mol. The minimum Gasteiger partial charge on any atom is -0.444 e. The van der Waals surface area contributed by atoms with Crippen LogP contribution in [0.15, 0.2) is 54.7 Å². The van der Waals surface area contributed by atoms with Crippen molar-refractivity contribution < 1.29 is 14.3 Å². The van der Waals surface area contributed by atoms with Crippen molar-refractivity contribution in [2.75, 3.05) is 5.32 Å². The third-order valence-corrected chi connectivity index (χ3v) is 4.44. The second-order valence-electron chi connectivity index (χ2n) is 7.06.